The summed E-state index contributed by atoms with van der Waals surface area (Å²) in [6.07, 6.45) is 8.36. The van der Waals surface area contributed by atoms with Crippen molar-refractivity contribution in [3.63, 3.8) is 0 Å². The van der Waals surface area contributed by atoms with Gasteiger partial charge in [0.2, 0.25) is 0 Å². The number of fused-ring (bicyclic) bond motifs is 1. The maximum atomic E-state index is 8.74. The average molecular weight is 185 g/mol. The molecule has 1 atom stereocenters. The molecule has 2 aliphatic rings. The molecule has 0 saturated heterocycles. The van der Waals surface area contributed by atoms with Crippen molar-refractivity contribution in [2.75, 3.05) is 6.54 Å². The topological polar surface area (TPSA) is 39.4 Å². The highest BCUT2D eigenvalue weighted by molar-refractivity contribution is 5.64. The molecule has 0 N–H and O–H groups in total. The first-order chi connectivity index (χ1) is 6.85. The van der Waals surface area contributed by atoms with Crippen LogP contribution in [0, 0.1) is 11.3 Å². The van der Waals surface area contributed by atoms with E-state index < -0.39 is 0 Å². The third kappa shape index (κ3) is 1.35. The maximum absolute atomic E-state index is 8.74. The molecule has 0 aromatic heterocycles. The van der Waals surface area contributed by atoms with Gasteiger partial charge in [-0.15, -0.1) is 6.58 Å². The zero-order valence-electron chi connectivity index (χ0n) is 7.85. The largest absolute Gasteiger partial charge is 0.350 e. The molecule has 1 heterocycles. The summed E-state index contributed by atoms with van der Waals surface area (Å²) >= 11 is 0. The molecule has 0 amide bonds. The van der Waals surface area contributed by atoms with Crippen LogP contribution in [0.3, 0.4) is 0 Å². The predicted octanol–water partition coefficient (Wildman–Crippen LogP) is 1.62. The van der Waals surface area contributed by atoms with Gasteiger partial charge in [0.05, 0.1) is 24.1 Å². The Morgan fingerprint density at radius 3 is 3.36 bits per heavy atom. The van der Waals surface area contributed by atoms with Gasteiger partial charge in [0.15, 0.2) is 0 Å². The van der Waals surface area contributed by atoms with Crippen molar-refractivity contribution in [3.05, 3.63) is 36.1 Å². The summed E-state index contributed by atoms with van der Waals surface area (Å²) < 4.78 is 0. The first-order valence-corrected chi connectivity index (χ1v) is 4.58. The van der Waals surface area contributed by atoms with E-state index in [1.807, 2.05) is 24.6 Å². The van der Waals surface area contributed by atoms with Gasteiger partial charge in [0, 0.05) is 12.1 Å². The molecule has 0 saturated carbocycles. The Morgan fingerprint density at radius 1 is 1.79 bits per heavy atom. The van der Waals surface area contributed by atoms with Crippen LogP contribution in [-0.2, 0) is 0 Å². The van der Waals surface area contributed by atoms with Gasteiger partial charge in [-0.1, -0.05) is 12.2 Å². The Morgan fingerprint density at radius 2 is 2.64 bits per heavy atom. The van der Waals surface area contributed by atoms with Gasteiger partial charge < -0.3 is 4.90 Å². The number of nitriles is 1. The van der Waals surface area contributed by atoms with E-state index >= 15 is 0 Å². The first kappa shape index (κ1) is 8.76. The number of nitrogens with zero attached hydrogens (tertiary/aromatic N) is 3. The molecule has 0 fully saturated rings. The third-order valence-corrected chi connectivity index (χ3v) is 2.43. The molecular formula is C11H11N3. The van der Waals surface area contributed by atoms with Crippen LogP contribution in [0.2, 0.25) is 0 Å². The molecule has 3 nitrogen and oxygen atoms in total. The van der Waals surface area contributed by atoms with E-state index in [4.69, 9.17) is 5.26 Å². The van der Waals surface area contributed by atoms with E-state index in [2.05, 4.69) is 22.5 Å². The lowest BCUT2D eigenvalue weighted by molar-refractivity contribution is 0.407. The van der Waals surface area contributed by atoms with E-state index in [1.54, 1.807) is 0 Å². The van der Waals surface area contributed by atoms with Gasteiger partial charge in [-0.05, 0) is 12.5 Å². The van der Waals surface area contributed by atoms with Gasteiger partial charge in [-0.2, -0.15) is 5.26 Å². The Balaban J connectivity index is 2.18. The van der Waals surface area contributed by atoms with Crippen LogP contribution in [0.25, 0.3) is 0 Å². The molecule has 1 aliphatic carbocycles. The summed E-state index contributed by atoms with van der Waals surface area (Å²) in [7, 11) is 0. The van der Waals surface area contributed by atoms with Crippen molar-refractivity contribution in [1.29, 1.82) is 5.26 Å². The van der Waals surface area contributed by atoms with Crippen molar-refractivity contribution in [3.8, 4) is 6.07 Å². The normalized spacial score (nSPS) is 23.6. The Bertz CT molecular complexity index is 382. The van der Waals surface area contributed by atoms with Gasteiger partial charge in [0.25, 0.3) is 0 Å². The highest BCUT2D eigenvalue weighted by Crippen LogP contribution is 2.26. The summed E-state index contributed by atoms with van der Waals surface area (Å²) in [5, 5.41) is 8.74. The number of aliphatic imine (C=N–C) groups is 1. The molecule has 70 valence electrons. The van der Waals surface area contributed by atoms with Crippen LogP contribution in [0.4, 0.5) is 0 Å². The van der Waals surface area contributed by atoms with Crippen LogP contribution in [0.15, 0.2) is 41.1 Å². The molecule has 0 spiro atoms. The molecule has 0 aromatic carbocycles. The minimum Gasteiger partial charge on any atom is -0.350 e. The minimum absolute atomic E-state index is 0.310. The minimum atomic E-state index is 0.310. The summed E-state index contributed by atoms with van der Waals surface area (Å²) in [5.74, 6) is 0. The standard InChI is InChI=1S/C11H11N3/c1-2-5-14-8-13-10-6-9(7-12)3-4-11(10)14/h2-3,6,8,11H,1,4-5H2. The van der Waals surface area contributed by atoms with Crippen LogP contribution < -0.4 is 0 Å². The molecular weight excluding hydrogens is 174 g/mol. The summed E-state index contributed by atoms with van der Waals surface area (Å²) in [5.41, 5.74) is 1.71. The molecule has 14 heavy (non-hydrogen) atoms. The van der Waals surface area contributed by atoms with Crippen LogP contribution in [-0.4, -0.2) is 23.8 Å². The van der Waals surface area contributed by atoms with Crippen LogP contribution in [0.5, 0.6) is 0 Å². The van der Waals surface area contributed by atoms with E-state index in [0.717, 1.165) is 18.7 Å². The van der Waals surface area contributed by atoms with E-state index in [-0.39, 0.29) is 0 Å². The number of hydrogen-bond acceptors (Lipinski definition) is 3. The highest BCUT2D eigenvalue weighted by Gasteiger charge is 2.26. The van der Waals surface area contributed by atoms with Gasteiger partial charge in [0.1, 0.15) is 0 Å². The molecule has 0 aromatic rings. The molecule has 1 aliphatic heterocycles. The Kier molecular flexibility index (Phi) is 2.19. The molecule has 1 unspecified atom stereocenters. The first-order valence-electron chi connectivity index (χ1n) is 4.58. The molecule has 3 heteroatoms. The van der Waals surface area contributed by atoms with Gasteiger partial charge in [-0.3, -0.25) is 0 Å². The second-order valence-corrected chi connectivity index (χ2v) is 3.32. The molecule has 0 radical (unpaired) electrons. The fraction of sp³-hybridized carbons (Fsp3) is 0.273. The smallest absolute Gasteiger partial charge is 0.0988 e. The van der Waals surface area contributed by atoms with E-state index in [9.17, 15) is 0 Å². The summed E-state index contributed by atoms with van der Waals surface area (Å²) in [6, 6.07) is 2.45. The van der Waals surface area contributed by atoms with Crippen molar-refractivity contribution < 1.29 is 0 Å². The summed E-state index contributed by atoms with van der Waals surface area (Å²) in [6.45, 7) is 4.51. The predicted molar refractivity (Wildman–Crippen MR) is 55.6 cm³/mol. The lowest BCUT2D eigenvalue weighted by Gasteiger charge is -2.24. The second-order valence-electron chi connectivity index (χ2n) is 3.32. The average Bonchev–Trinajstić information content (AvgIpc) is 2.61. The zero-order valence-corrected chi connectivity index (χ0v) is 7.85. The van der Waals surface area contributed by atoms with Gasteiger partial charge in [-0.25, -0.2) is 4.99 Å². The molecule has 0 bridgehead atoms. The van der Waals surface area contributed by atoms with Crippen LogP contribution in [0.1, 0.15) is 6.42 Å². The fourth-order valence-electron chi connectivity index (χ4n) is 1.73. The number of hydrogen-bond donors (Lipinski definition) is 0. The van der Waals surface area contributed by atoms with Crippen molar-refractivity contribution in [2.24, 2.45) is 4.99 Å². The maximum Gasteiger partial charge on any atom is 0.0988 e. The van der Waals surface area contributed by atoms with Gasteiger partial charge >= 0.3 is 0 Å². The number of allylic oxidation sites excluding steroid dienone is 2. The quantitative estimate of drug-likeness (QED) is 0.613. The number of rotatable bonds is 2. The third-order valence-electron chi connectivity index (χ3n) is 2.43. The second kappa shape index (κ2) is 3.51. The lowest BCUT2D eigenvalue weighted by atomic mass is 10.0. The van der Waals surface area contributed by atoms with E-state index in [0.29, 0.717) is 11.6 Å². The lowest BCUT2D eigenvalue weighted by Crippen LogP contribution is -2.31. The Labute approximate surface area is 83.4 Å². The van der Waals surface area contributed by atoms with Crippen LogP contribution >= 0.6 is 0 Å². The molecule has 2 rings (SSSR count). The fourth-order valence-corrected chi connectivity index (χ4v) is 1.73. The van der Waals surface area contributed by atoms with Crippen molar-refractivity contribution in [1.82, 2.24) is 4.90 Å². The Hall–Kier alpha value is -1.82. The van der Waals surface area contributed by atoms with Crippen molar-refractivity contribution in [2.45, 2.75) is 12.5 Å². The van der Waals surface area contributed by atoms with E-state index in [1.165, 1.54) is 0 Å². The SMILES string of the molecule is C=CCN1C=NC2=CC(C#N)=CCC21. The zero-order chi connectivity index (χ0) is 9.97. The summed E-state index contributed by atoms with van der Waals surface area (Å²) in [4.78, 5) is 6.41. The monoisotopic (exact) mass is 185 g/mol. The van der Waals surface area contributed by atoms with Crippen molar-refractivity contribution >= 4 is 6.34 Å². The highest BCUT2D eigenvalue weighted by atomic mass is 15.2.